The first-order valence-electron chi connectivity index (χ1n) is 21.0. The number of nitrogens with two attached hydrogens (primary N) is 1. The molecule has 0 unspecified atom stereocenters. The largest absolute Gasteiger partial charge is 0.487 e. The summed E-state index contributed by atoms with van der Waals surface area (Å²) in [5.74, 6) is -4.47. The van der Waals surface area contributed by atoms with Crippen molar-refractivity contribution < 1.29 is 51.5 Å². The number of nitrogens with one attached hydrogen (secondary N) is 6. The molecule has 4 rings (SSSR count). The summed E-state index contributed by atoms with van der Waals surface area (Å²) in [5, 5.41) is 12.8. The maximum atomic E-state index is 13.8. The lowest BCUT2D eigenvalue weighted by atomic mass is 9.94. The van der Waals surface area contributed by atoms with E-state index in [1.54, 1.807) is 53.7 Å². The Morgan fingerprint density at radius 1 is 0.984 bits per heavy atom. The van der Waals surface area contributed by atoms with Gasteiger partial charge in [-0.15, -0.1) is 0 Å². The highest BCUT2D eigenvalue weighted by atomic mass is 32.2. The van der Waals surface area contributed by atoms with Gasteiger partial charge in [-0.2, -0.15) is 0 Å². The number of guanidine groups is 1. The van der Waals surface area contributed by atoms with Gasteiger partial charge in [0.05, 0.1) is 17.9 Å². The first-order valence-corrected chi connectivity index (χ1v) is 22.5. The van der Waals surface area contributed by atoms with Gasteiger partial charge in [0.15, 0.2) is 0 Å². The summed E-state index contributed by atoms with van der Waals surface area (Å²) in [5.41, 5.74) is 7.26. The van der Waals surface area contributed by atoms with Gasteiger partial charge in [-0.05, 0) is 104 Å². The van der Waals surface area contributed by atoms with Crippen LogP contribution in [-0.4, -0.2) is 122 Å². The summed E-state index contributed by atoms with van der Waals surface area (Å²) in [6.07, 6.45) is 3.90. The van der Waals surface area contributed by atoms with Gasteiger partial charge < -0.3 is 46.7 Å². The third-order valence-electron chi connectivity index (χ3n) is 10.7. The molecular formula is C42H63N9O11S. The van der Waals surface area contributed by atoms with Crippen LogP contribution in [0.2, 0.25) is 0 Å². The number of ether oxygens (including phenoxy) is 2. The average Bonchev–Trinajstić information content (AvgIpc) is 3.79. The minimum absolute atomic E-state index is 0.0154. The van der Waals surface area contributed by atoms with Crippen molar-refractivity contribution in [1.82, 2.24) is 36.2 Å². The monoisotopic (exact) mass is 901 g/mol. The van der Waals surface area contributed by atoms with Crippen LogP contribution in [-0.2, 0) is 54.7 Å². The SMILES string of the molecule is CC(=O)N[C@H]1C/C=C\CNC(=O)[C@H](CC(=O)OC(C)(C)C)NC(=O)CNC(=O)[C@H](CCCN=C(N)NS(=O)(=O)c2c(C)c(C)c3c(c2C)CC(C)(C)O3)NC(=O)[C@@H]2CCCN2C1=O. The molecule has 0 spiro atoms. The Balaban J connectivity index is 1.54. The minimum atomic E-state index is -4.20. The highest BCUT2D eigenvalue weighted by molar-refractivity contribution is 7.90. The van der Waals surface area contributed by atoms with Crippen molar-refractivity contribution in [2.45, 2.75) is 148 Å². The topological polar surface area (TPSA) is 286 Å². The Labute approximate surface area is 368 Å². The zero-order valence-corrected chi connectivity index (χ0v) is 38.4. The molecule has 0 radical (unpaired) electrons. The van der Waals surface area contributed by atoms with E-state index < -0.39 is 106 Å². The Bertz CT molecular complexity index is 2150. The maximum absolute atomic E-state index is 13.8. The number of carbonyl (C=O) groups excluding carboxylic acids is 7. The lowest BCUT2D eigenvalue weighted by molar-refractivity contribution is -0.156. The van der Waals surface area contributed by atoms with E-state index in [0.717, 1.165) is 5.56 Å². The molecule has 20 nitrogen and oxygen atoms in total. The number of amides is 6. The van der Waals surface area contributed by atoms with Crippen LogP contribution in [0.25, 0.3) is 0 Å². The summed E-state index contributed by atoms with van der Waals surface area (Å²) in [4.78, 5) is 98.1. The van der Waals surface area contributed by atoms with E-state index in [-0.39, 0.29) is 50.2 Å². The van der Waals surface area contributed by atoms with Crippen LogP contribution < -0.4 is 41.8 Å². The molecule has 63 heavy (non-hydrogen) atoms. The van der Waals surface area contributed by atoms with Crippen LogP contribution >= 0.6 is 0 Å². The molecule has 8 N–H and O–H groups in total. The molecule has 1 fully saturated rings. The second-order valence-corrected chi connectivity index (χ2v) is 19.3. The Kier molecular flexibility index (Phi) is 16.4. The summed E-state index contributed by atoms with van der Waals surface area (Å²) >= 11 is 0. The number of rotatable bonds is 9. The van der Waals surface area contributed by atoms with Crippen LogP contribution in [0.15, 0.2) is 22.0 Å². The maximum Gasteiger partial charge on any atom is 0.308 e. The highest BCUT2D eigenvalue weighted by Crippen LogP contribution is 2.43. The van der Waals surface area contributed by atoms with Gasteiger partial charge in [-0.1, -0.05) is 12.2 Å². The summed E-state index contributed by atoms with van der Waals surface area (Å²) in [7, 11) is -4.20. The van der Waals surface area contributed by atoms with Crippen molar-refractivity contribution in [3.8, 4) is 5.75 Å². The van der Waals surface area contributed by atoms with Gasteiger partial charge in [0.1, 0.15) is 41.1 Å². The van der Waals surface area contributed by atoms with E-state index in [9.17, 15) is 42.0 Å². The van der Waals surface area contributed by atoms with Crippen molar-refractivity contribution in [1.29, 1.82) is 0 Å². The number of carbonyl (C=O) groups is 7. The lowest BCUT2D eigenvalue weighted by Crippen LogP contribution is -2.56. The standard InChI is InChI=1S/C42H63N9O11S/c1-23-24(2)35(25(3)27-21-42(8,9)62-34(23)27)63(59,60)50-40(43)45-18-12-15-28-36(55)46-22-32(53)48-30(20-33(54)61-41(5,6)7)37(56)44-17-11-10-14-29(47-26(4)52)39(58)51-19-13-16-31(51)38(57)49-28/h10-11,28-31H,12-22H2,1-9H3,(H,44,56)(H,46,55)(H,47,52)(H,48,53)(H,49,57)(H3,43,45,50)/b11-10-/t28-,29-,30-,31-/m0/s1. The van der Waals surface area contributed by atoms with Crippen molar-refractivity contribution in [3.05, 3.63) is 34.4 Å². The van der Waals surface area contributed by atoms with Crippen LogP contribution in [0, 0.1) is 20.8 Å². The van der Waals surface area contributed by atoms with E-state index >= 15 is 0 Å². The van der Waals surface area contributed by atoms with Gasteiger partial charge in [0.25, 0.3) is 10.0 Å². The molecule has 3 aliphatic rings. The normalized spacial score (nSPS) is 23.3. The summed E-state index contributed by atoms with van der Waals surface area (Å²) in [6, 6.07) is -4.71. The van der Waals surface area contributed by atoms with E-state index in [4.69, 9.17) is 15.2 Å². The van der Waals surface area contributed by atoms with Crippen LogP contribution in [0.5, 0.6) is 5.75 Å². The minimum Gasteiger partial charge on any atom is -0.487 e. The predicted octanol–water partition coefficient (Wildman–Crippen LogP) is 0.0880. The number of hydrogen-bond donors (Lipinski definition) is 7. The number of sulfonamides is 1. The first kappa shape index (κ1) is 49.9. The second-order valence-electron chi connectivity index (χ2n) is 17.6. The smallest absolute Gasteiger partial charge is 0.308 e. The van der Waals surface area contributed by atoms with Crippen molar-refractivity contribution in [2.24, 2.45) is 10.7 Å². The van der Waals surface area contributed by atoms with E-state index in [2.05, 4.69) is 36.3 Å². The predicted molar refractivity (Wildman–Crippen MR) is 232 cm³/mol. The molecule has 4 atom stereocenters. The molecule has 0 saturated carbocycles. The molecule has 348 valence electrons. The van der Waals surface area contributed by atoms with Crippen molar-refractivity contribution in [2.75, 3.05) is 26.2 Å². The molecule has 21 heteroatoms. The number of fused-ring (bicyclic) bond motifs is 2. The zero-order valence-electron chi connectivity index (χ0n) is 37.6. The van der Waals surface area contributed by atoms with Gasteiger partial charge in [0, 0.05) is 38.5 Å². The molecule has 0 aliphatic carbocycles. The molecule has 6 amide bonds. The number of esters is 1. The summed E-state index contributed by atoms with van der Waals surface area (Å²) in [6.45, 7) is 14.7. The molecule has 1 aromatic rings. The van der Waals surface area contributed by atoms with Crippen LogP contribution in [0.1, 0.15) is 102 Å². The Hall–Kier alpha value is -5.73. The second kappa shape index (κ2) is 20.6. The Morgan fingerprint density at radius 2 is 1.67 bits per heavy atom. The molecule has 3 aliphatic heterocycles. The van der Waals surface area contributed by atoms with Gasteiger partial charge in [0.2, 0.25) is 41.4 Å². The quantitative estimate of drug-likeness (QED) is 0.0571. The fraction of sp³-hybridized carbons (Fsp3) is 0.619. The molecule has 3 heterocycles. The molecule has 1 aromatic carbocycles. The molecule has 0 aromatic heterocycles. The molecule has 1 saturated heterocycles. The van der Waals surface area contributed by atoms with Crippen LogP contribution in [0.3, 0.4) is 0 Å². The molecule has 0 bridgehead atoms. The van der Waals surface area contributed by atoms with Gasteiger partial charge in [-0.3, -0.25) is 38.6 Å². The van der Waals surface area contributed by atoms with Crippen LogP contribution in [0.4, 0.5) is 0 Å². The fourth-order valence-corrected chi connectivity index (χ4v) is 9.29. The number of nitrogens with zero attached hydrogens (tertiary/aromatic N) is 2. The third kappa shape index (κ3) is 13.6. The van der Waals surface area contributed by atoms with Gasteiger partial charge in [-0.25, -0.2) is 13.1 Å². The number of hydrogen-bond acceptors (Lipinski definition) is 12. The first-order chi connectivity index (χ1) is 29.3. The summed E-state index contributed by atoms with van der Waals surface area (Å²) < 4.78 is 41.2. The average molecular weight is 902 g/mol. The number of benzene rings is 1. The van der Waals surface area contributed by atoms with E-state index in [1.165, 1.54) is 11.8 Å². The fourth-order valence-electron chi connectivity index (χ4n) is 7.76. The van der Waals surface area contributed by atoms with E-state index in [0.29, 0.717) is 35.3 Å². The van der Waals surface area contributed by atoms with Crippen molar-refractivity contribution >= 4 is 57.4 Å². The van der Waals surface area contributed by atoms with E-state index in [1.807, 2.05) is 13.8 Å². The van der Waals surface area contributed by atoms with Crippen molar-refractivity contribution in [3.63, 3.8) is 0 Å². The van der Waals surface area contributed by atoms with Gasteiger partial charge >= 0.3 is 5.97 Å². The molecular weight excluding hydrogens is 839 g/mol. The Morgan fingerprint density at radius 3 is 2.33 bits per heavy atom. The third-order valence-corrected chi connectivity index (χ3v) is 12.3. The zero-order chi connectivity index (χ0) is 47.0. The highest BCUT2D eigenvalue weighted by Gasteiger charge is 2.39. The number of aliphatic imine (C=N–C) groups is 1. The lowest BCUT2D eigenvalue weighted by Gasteiger charge is -2.29.